The summed E-state index contributed by atoms with van der Waals surface area (Å²) in [7, 11) is 0. The Morgan fingerprint density at radius 2 is 1.88 bits per heavy atom. The summed E-state index contributed by atoms with van der Waals surface area (Å²) < 4.78 is 0. The highest BCUT2D eigenvalue weighted by Crippen LogP contribution is 2.05. The minimum Gasteiger partial charge on any atom is -0.314 e. The number of aryl methyl sites for hydroxylation is 1. The average Bonchev–Trinajstić information content (AvgIpc) is 2.28. The lowest BCUT2D eigenvalue weighted by molar-refractivity contribution is 0.244. The molecule has 2 nitrogen and oxygen atoms in total. The molecule has 17 heavy (non-hydrogen) atoms. The Bertz CT molecular complexity index is 312. The molecule has 0 radical (unpaired) electrons. The molecule has 0 spiro atoms. The first-order valence-electron chi connectivity index (χ1n) is 5.83. The van der Waals surface area contributed by atoms with Crippen molar-refractivity contribution >= 4 is 24.8 Å². The predicted octanol–water partition coefficient (Wildman–Crippen LogP) is 2.29. The van der Waals surface area contributed by atoms with Gasteiger partial charge in [-0.2, -0.15) is 0 Å². The SMILES string of the molecule is Cc1cccc(CCN2CCNCC2)c1.Cl.Cl. The highest BCUT2D eigenvalue weighted by atomic mass is 35.5. The van der Waals surface area contributed by atoms with Gasteiger partial charge in [0.2, 0.25) is 0 Å². The normalized spacial score (nSPS) is 15.8. The molecular weight excluding hydrogens is 255 g/mol. The highest BCUT2D eigenvalue weighted by Gasteiger charge is 2.08. The summed E-state index contributed by atoms with van der Waals surface area (Å²) >= 11 is 0. The molecule has 1 heterocycles. The van der Waals surface area contributed by atoms with Gasteiger partial charge in [0.25, 0.3) is 0 Å². The third-order valence-electron chi connectivity index (χ3n) is 3.01. The van der Waals surface area contributed by atoms with Gasteiger partial charge in [0.05, 0.1) is 0 Å². The largest absolute Gasteiger partial charge is 0.314 e. The molecule has 1 aromatic carbocycles. The number of hydrogen-bond acceptors (Lipinski definition) is 2. The zero-order chi connectivity index (χ0) is 10.5. The van der Waals surface area contributed by atoms with E-state index >= 15 is 0 Å². The van der Waals surface area contributed by atoms with E-state index < -0.39 is 0 Å². The lowest BCUT2D eigenvalue weighted by atomic mass is 10.1. The van der Waals surface area contributed by atoms with Crippen LogP contribution in [0.15, 0.2) is 24.3 Å². The van der Waals surface area contributed by atoms with Gasteiger partial charge in [-0.1, -0.05) is 29.8 Å². The lowest BCUT2D eigenvalue weighted by Gasteiger charge is -2.27. The smallest absolute Gasteiger partial charge is 0.0108 e. The quantitative estimate of drug-likeness (QED) is 0.912. The molecule has 0 unspecified atom stereocenters. The number of benzene rings is 1. The van der Waals surface area contributed by atoms with Crippen LogP contribution in [0.1, 0.15) is 11.1 Å². The van der Waals surface area contributed by atoms with E-state index in [4.69, 9.17) is 0 Å². The summed E-state index contributed by atoms with van der Waals surface area (Å²) in [6, 6.07) is 8.84. The van der Waals surface area contributed by atoms with E-state index in [0.717, 1.165) is 13.1 Å². The molecule has 1 aromatic rings. The van der Waals surface area contributed by atoms with Gasteiger partial charge < -0.3 is 10.2 Å². The Morgan fingerprint density at radius 3 is 2.53 bits per heavy atom. The van der Waals surface area contributed by atoms with E-state index in [1.165, 1.54) is 37.2 Å². The Balaban J connectivity index is 0.00000128. The number of nitrogens with zero attached hydrogens (tertiary/aromatic N) is 1. The van der Waals surface area contributed by atoms with E-state index in [9.17, 15) is 0 Å². The van der Waals surface area contributed by atoms with Crippen LogP contribution in [0.2, 0.25) is 0 Å². The molecule has 4 heteroatoms. The molecule has 2 rings (SSSR count). The predicted molar refractivity (Wildman–Crippen MR) is 78.7 cm³/mol. The summed E-state index contributed by atoms with van der Waals surface area (Å²) in [4.78, 5) is 2.54. The first-order valence-corrected chi connectivity index (χ1v) is 5.83. The molecule has 1 saturated heterocycles. The molecule has 1 aliphatic heterocycles. The van der Waals surface area contributed by atoms with E-state index in [0.29, 0.717) is 0 Å². The zero-order valence-corrected chi connectivity index (χ0v) is 11.9. The molecule has 0 amide bonds. The van der Waals surface area contributed by atoms with Crippen LogP contribution in [-0.4, -0.2) is 37.6 Å². The summed E-state index contributed by atoms with van der Waals surface area (Å²) in [5, 5.41) is 3.38. The van der Waals surface area contributed by atoms with Crippen molar-refractivity contribution < 1.29 is 0 Å². The maximum absolute atomic E-state index is 3.38. The summed E-state index contributed by atoms with van der Waals surface area (Å²) in [5.41, 5.74) is 2.83. The van der Waals surface area contributed by atoms with Crippen molar-refractivity contribution in [1.82, 2.24) is 10.2 Å². The Labute approximate surface area is 117 Å². The van der Waals surface area contributed by atoms with Crippen LogP contribution < -0.4 is 5.32 Å². The zero-order valence-electron chi connectivity index (χ0n) is 10.3. The van der Waals surface area contributed by atoms with Gasteiger partial charge in [-0.25, -0.2) is 0 Å². The fraction of sp³-hybridized carbons (Fsp3) is 0.538. The van der Waals surface area contributed by atoms with Crippen LogP contribution in [0.25, 0.3) is 0 Å². The van der Waals surface area contributed by atoms with Crippen LogP contribution in [-0.2, 0) is 6.42 Å². The van der Waals surface area contributed by atoms with E-state index in [-0.39, 0.29) is 24.8 Å². The van der Waals surface area contributed by atoms with Gasteiger partial charge in [0, 0.05) is 32.7 Å². The molecule has 1 aliphatic rings. The second-order valence-corrected chi connectivity index (χ2v) is 4.33. The molecular formula is C13H22Cl2N2. The van der Waals surface area contributed by atoms with Crippen LogP contribution in [0.4, 0.5) is 0 Å². The van der Waals surface area contributed by atoms with Crippen molar-refractivity contribution in [2.24, 2.45) is 0 Å². The summed E-state index contributed by atoms with van der Waals surface area (Å²) in [5.74, 6) is 0. The first kappa shape index (κ1) is 16.7. The summed E-state index contributed by atoms with van der Waals surface area (Å²) in [6.45, 7) is 8.05. The van der Waals surface area contributed by atoms with Crippen LogP contribution in [0.5, 0.6) is 0 Å². The molecule has 98 valence electrons. The van der Waals surface area contributed by atoms with Crippen molar-refractivity contribution in [1.29, 1.82) is 0 Å². The molecule has 0 aromatic heterocycles. The molecule has 1 fully saturated rings. The van der Waals surface area contributed by atoms with Crippen molar-refractivity contribution in [3.05, 3.63) is 35.4 Å². The molecule has 0 saturated carbocycles. The average molecular weight is 277 g/mol. The lowest BCUT2D eigenvalue weighted by Crippen LogP contribution is -2.44. The fourth-order valence-corrected chi connectivity index (χ4v) is 2.09. The summed E-state index contributed by atoms with van der Waals surface area (Å²) in [6.07, 6.45) is 1.18. The van der Waals surface area contributed by atoms with Crippen LogP contribution in [0, 0.1) is 6.92 Å². The monoisotopic (exact) mass is 276 g/mol. The third-order valence-corrected chi connectivity index (χ3v) is 3.01. The Morgan fingerprint density at radius 1 is 1.18 bits per heavy atom. The minimum atomic E-state index is 0. The number of piperazine rings is 1. The number of hydrogen-bond donors (Lipinski definition) is 1. The minimum absolute atomic E-state index is 0. The van der Waals surface area contributed by atoms with E-state index in [1.807, 2.05) is 0 Å². The molecule has 0 aliphatic carbocycles. The third kappa shape index (κ3) is 5.73. The second-order valence-electron chi connectivity index (χ2n) is 4.33. The van der Waals surface area contributed by atoms with Gasteiger partial charge in [-0.15, -0.1) is 24.8 Å². The molecule has 0 bridgehead atoms. The van der Waals surface area contributed by atoms with Crippen LogP contribution >= 0.6 is 24.8 Å². The van der Waals surface area contributed by atoms with Gasteiger partial charge in [-0.3, -0.25) is 0 Å². The van der Waals surface area contributed by atoms with E-state index in [2.05, 4.69) is 41.4 Å². The van der Waals surface area contributed by atoms with Crippen LogP contribution in [0.3, 0.4) is 0 Å². The van der Waals surface area contributed by atoms with Crippen molar-refractivity contribution in [2.75, 3.05) is 32.7 Å². The van der Waals surface area contributed by atoms with Gasteiger partial charge in [0.15, 0.2) is 0 Å². The highest BCUT2D eigenvalue weighted by molar-refractivity contribution is 5.85. The fourth-order valence-electron chi connectivity index (χ4n) is 2.09. The van der Waals surface area contributed by atoms with Crippen molar-refractivity contribution in [3.63, 3.8) is 0 Å². The number of nitrogens with one attached hydrogen (secondary N) is 1. The van der Waals surface area contributed by atoms with Gasteiger partial charge in [0.1, 0.15) is 0 Å². The topological polar surface area (TPSA) is 15.3 Å². The maximum Gasteiger partial charge on any atom is 0.0108 e. The maximum atomic E-state index is 3.38. The number of rotatable bonds is 3. The van der Waals surface area contributed by atoms with Crippen molar-refractivity contribution in [2.45, 2.75) is 13.3 Å². The second kappa shape index (κ2) is 8.76. The molecule has 1 N–H and O–H groups in total. The Kier molecular flexibility index (Phi) is 8.61. The standard InChI is InChI=1S/C13H20N2.2ClH/c1-12-3-2-4-13(11-12)5-8-15-9-6-14-7-10-15;;/h2-4,11,14H,5-10H2,1H3;2*1H. The first-order chi connectivity index (χ1) is 7.34. The van der Waals surface area contributed by atoms with E-state index in [1.54, 1.807) is 0 Å². The van der Waals surface area contributed by atoms with Gasteiger partial charge >= 0.3 is 0 Å². The van der Waals surface area contributed by atoms with Gasteiger partial charge in [-0.05, 0) is 18.9 Å². The number of halogens is 2. The Hall–Kier alpha value is -0.280. The molecule has 0 atom stereocenters. The van der Waals surface area contributed by atoms with Crippen molar-refractivity contribution in [3.8, 4) is 0 Å².